The molecule has 0 rings (SSSR count). The minimum Gasteiger partial charge on any atom is -0.417 e. The van der Waals surface area contributed by atoms with Crippen LogP contribution in [0.1, 0.15) is 34.1 Å². The predicted octanol–water partition coefficient (Wildman–Crippen LogP) is 5.91. The Labute approximate surface area is 127 Å². The minimum absolute atomic E-state index is 0.668. The number of hydrogen-bond donors (Lipinski definition) is 0. The van der Waals surface area contributed by atoms with E-state index in [4.69, 9.17) is 4.43 Å². The summed E-state index contributed by atoms with van der Waals surface area (Å²) in [7, 11) is -2.57. The third-order valence-electron chi connectivity index (χ3n) is 4.74. The highest BCUT2D eigenvalue weighted by Crippen LogP contribution is 2.34. The highest BCUT2D eigenvalue weighted by Gasteiger charge is 2.36. The molecule has 0 radical (unpaired) electrons. The first-order valence-electron chi connectivity index (χ1n) is 7.81. The van der Waals surface area contributed by atoms with Crippen molar-refractivity contribution in [2.45, 2.75) is 76.3 Å². The van der Waals surface area contributed by atoms with Crippen molar-refractivity contribution in [2.24, 2.45) is 0 Å². The first-order chi connectivity index (χ1) is 8.91. The molecule has 19 heavy (non-hydrogen) atoms. The second-order valence-electron chi connectivity index (χ2n) is 5.93. The van der Waals surface area contributed by atoms with Gasteiger partial charge in [0.05, 0.1) is 8.07 Å². The van der Waals surface area contributed by atoms with Crippen LogP contribution >= 0.6 is 11.8 Å². The third kappa shape index (κ3) is 6.19. The van der Waals surface area contributed by atoms with Gasteiger partial charge in [-0.25, -0.2) is 0 Å². The van der Waals surface area contributed by atoms with Gasteiger partial charge in [0.25, 0.3) is 0 Å². The van der Waals surface area contributed by atoms with Crippen molar-refractivity contribution in [2.75, 3.05) is 6.61 Å². The van der Waals surface area contributed by atoms with Gasteiger partial charge in [0.1, 0.15) is 0 Å². The first kappa shape index (κ1) is 19.5. The summed E-state index contributed by atoms with van der Waals surface area (Å²) in [6.45, 7) is 18.8. The fourth-order valence-corrected chi connectivity index (χ4v) is 10.9. The maximum Gasteiger partial charge on any atom is 0.199 e. The van der Waals surface area contributed by atoms with Gasteiger partial charge in [-0.3, -0.25) is 0 Å². The summed E-state index contributed by atoms with van der Waals surface area (Å²) in [4.78, 5) is 0.668. The zero-order valence-electron chi connectivity index (χ0n) is 13.9. The zero-order chi connectivity index (χ0) is 14.9. The molecule has 1 nitrogen and oxygen atoms in total. The van der Waals surface area contributed by atoms with E-state index >= 15 is 0 Å². The Bertz CT molecular complexity index is 244. The predicted molar refractivity (Wildman–Crippen MR) is 97.3 cm³/mol. The van der Waals surface area contributed by atoms with E-state index < -0.39 is 16.4 Å². The summed E-state index contributed by atoms with van der Waals surface area (Å²) in [6, 6.07) is 5.76. The van der Waals surface area contributed by atoms with Crippen LogP contribution in [0, 0.1) is 0 Å². The summed E-state index contributed by atoms with van der Waals surface area (Å²) in [6.07, 6.45) is 1.33. The molecule has 4 heteroatoms. The molecule has 0 amide bonds. The molecule has 0 aromatic rings. The van der Waals surface area contributed by atoms with E-state index in [1.807, 2.05) is 17.2 Å². The highest BCUT2D eigenvalue weighted by atomic mass is 32.2. The topological polar surface area (TPSA) is 9.23 Å². The summed E-state index contributed by atoms with van der Waals surface area (Å²) < 4.78 is 6.10. The van der Waals surface area contributed by atoms with Crippen molar-refractivity contribution in [3.63, 3.8) is 0 Å². The van der Waals surface area contributed by atoms with Gasteiger partial charge in [-0.15, -0.1) is 11.8 Å². The Hall–Kier alpha value is 0.484. The first-order valence-corrected chi connectivity index (χ1v) is 14.6. The molecule has 0 aliphatic rings. The number of thioether (sulfide) groups is 1. The maximum absolute atomic E-state index is 6.10. The van der Waals surface area contributed by atoms with Crippen LogP contribution in [0.5, 0.6) is 0 Å². The van der Waals surface area contributed by atoms with Crippen molar-refractivity contribution in [1.82, 2.24) is 0 Å². The largest absolute Gasteiger partial charge is 0.417 e. The van der Waals surface area contributed by atoms with Gasteiger partial charge in [0.2, 0.25) is 0 Å². The molecule has 114 valence electrons. The van der Waals surface area contributed by atoms with Crippen LogP contribution < -0.4 is 0 Å². The van der Waals surface area contributed by atoms with Crippen LogP contribution in [0.25, 0.3) is 0 Å². The normalized spacial score (nSPS) is 14.4. The van der Waals surface area contributed by atoms with Crippen LogP contribution in [-0.2, 0) is 4.43 Å². The minimum atomic E-state index is -1.58. The maximum atomic E-state index is 6.10. The van der Waals surface area contributed by atoms with Gasteiger partial charge in [-0.1, -0.05) is 51.5 Å². The van der Waals surface area contributed by atoms with Gasteiger partial charge in [-0.05, 0) is 31.8 Å². The Morgan fingerprint density at radius 1 is 1.11 bits per heavy atom. The Balaban J connectivity index is 4.71. The Morgan fingerprint density at radius 2 is 1.63 bits per heavy atom. The van der Waals surface area contributed by atoms with Crippen molar-refractivity contribution in [3.05, 3.63) is 12.0 Å². The van der Waals surface area contributed by atoms with Crippen LogP contribution in [-0.4, -0.2) is 27.9 Å². The van der Waals surface area contributed by atoms with E-state index in [1.54, 1.807) is 0 Å². The van der Waals surface area contributed by atoms with E-state index in [-0.39, 0.29) is 0 Å². The fraction of sp³-hybridized carbons (Fsp3) is 0.867. The Morgan fingerprint density at radius 3 is 2.00 bits per heavy atom. The molecule has 0 bridgehead atoms. The lowest BCUT2D eigenvalue weighted by Crippen LogP contribution is -2.44. The monoisotopic (exact) mass is 318 g/mol. The molecule has 0 spiro atoms. The van der Waals surface area contributed by atoms with E-state index in [0.717, 1.165) is 6.61 Å². The van der Waals surface area contributed by atoms with Gasteiger partial charge >= 0.3 is 0 Å². The fourth-order valence-electron chi connectivity index (χ4n) is 2.88. The lowest BCUT2D eigenvalue weighted by Gasteiger charge is -2.35. The molecule has 0 N–H and O–H groups in total. The SMILES string of the molecule is C=CSC(CC[Si](CC)(CC)CC)[Si](C)(C)OCC. The van der Waals surface area contributed by atoms with Gasteiger partial charge in [-0.2, -0.15) is 0 Å². The zero-order valence-corrected chi connectivity index (χ0v) is 16.7. The average molecular weight is 319 g/mol. The van der Waals surface area contributed by atoms with Crippen LogP contribution in [0.2, 0.25) is 37.3 Å². The molecule has 0 aliphatic heterocycles. The highest BCUT2D eigenvalue weighted by molar-refractivity contribution is 8.04. The molecule has 1 unspecified atom stereocenters. The molecule has 0 saturated heterocycles. The van der Waals surface area contributed by atoms with Gasteiger partial charge < -0.3 is 4.43 Å². The molecular formula is C15H34OSSi2. The summed E-state index contributed by atoms with van der Waals surface area (Å²) in [5.41, 5.74) is 0. The second-order valence-corrected chi connectivity index (χ2v) is 17.3. The van der Waals surface area contributed by atoms with Crippen molar-refractivity contribution >= 4 is 28.2 Å². The molecule has 0 aromatic heterocycles. The van der Waals surface area contributed by atoms with E-state index in [0.29, 0.717) is 4.87 Å². The molecule has 1 atom stereocenters. The lowest BCUT2D eigenvalue weighted by atomic mass is 10.6. The molecule has 0 aliphatic carbocycles. The summed E-state index contributed by atoms with van der Waals surface area (Å²) in [5, 5.41) is 2.02. The van der Waals surface area contributed by atoms with Crippen molar-refractivity contribution in [1.29, 1.82) is 0 Å². The summed E-state index contributed by atoms with van der Waals surface area (Å²) in [5.74, 6) is 0. The molecular weight excluding hydrogens is 284 g/mol. The lowest BCUT2D eigenvalue weighted by molar-refractivity contribution is 0.327. The van der Waals surface area contributed by atoms with Crippen LogP contribution in [0.3, 0.4) is 0 Å². The molecule has 0 saturated carbocycles. The quantitative estimate of drug-likeness (QED) is 0.438. The van der Waals surface area contributed by atoms with E-state index in [1.165, 1.54) is 30.6 Å². The molecule has 0 fully saturated rings. The van der Waals surface area contributed by atoms with Crippen LogP contribution in [0.15, 0.2) is 12.0 Å². The van der Waals surface area contributed by atoms with Gasteiger partial charge in [0, 0.05) is 11.5 Å². The Kier molecular flexibility index (Phi) is 9.67. The van der Waals surface area contributed by atoms with Crippen molar-refractivity contribution in [3.8, 4) is 0 Å². The molecule has 0 heterocycles. The van der Waals surface area contributed by atoms with E-state index in [2.05, 4.69) is 47.4 Å². The van der Waals surface area contributed by atoms with Gasteiger partial charge in [0.15, 0.2) is 8.32 Å². The van der Waals surface area contributed by atoms with Crippen molar-refractivity contribution < 1.29 is 4.43 Å². The number of hydrogen-bond acceptors (Lipinski definition) is 2. The van der Waals surface area contributed by atoms with Crippen LogP contribution in [0.4, 0.5) is 0 Å². The standard InChI is InChI=1S/C15H34OSSi2/c1-8-16-18(6,7)15(17-9-2)13-14-19(10-3,11-4)12-5/h9,15H,2,8,10-14H2,1,3-7H3. The third-order valence-corrected chi connectivity index (χ3v) is 16.3. The average Bonchev–Trinajstić information content (AvgIpc) is 2.39. The second kappa shape index (κ2) is 9.43. The van der Waals surface area contributed by atoms with E-state index in [9.17, 15) is 0 Å². The molecule has 0 aromatic carbocycles. The number of rotatable bonds is 11. The summed E-state index contributed by atoms with van der Waals surface area (Å²) >= 11 is 1.92. The smallest absolute Gasteiger partial charge is 0.199 e.